The number of nitrogens with zero attached hydrogens (tertiary/aromatic N) is 1. The molecule has 1 saturated carbocycles. The van der Waals surface area contributed by atoms with Gasteiger partial charge in [0, 0.05) is 27.9 Å². The molecule has 0 heterocycles. The Morgan fingerprint density at radius 1 is 0.333 bits per heavy atom. The van der Waals surface area contributed by atoms with Crippen molar-refractivity contribution in [3.8, 4) is 44.5 Å². The van der Waals surface area contributed by atoms with Crippen molar-refractivity contribution in [2.45, 2.75) is 88.4 Å². The maximum absolute atomic E-state index is 2.54. The van der Waals surface area contributed by atoms with E-state index in [4.69, 9.17) is 0 Å². The van der Waals surface area contributed by atoms with Gasteiger partial charge in [-0.1, -0.05) is 211 Å². The lowest BCUT2D eigenvalue weighted by molar-refractivity contribution is 0.592. The van der Waals surface area contributed by atoms with E-state index >= 15 is 0 Å². The van der Waals surface area contributed by atoms with E-state index in [1.807, 2.05) is 0 Å². The van der Waals surface area contributed by atoms with Gasteiger partial charge in [-0.05, 0) is 162 Å². The largest absolute Gasteiger partial charge is 0.310 e. The SMILES string of the molecule is CC1(C)c2ccccc2-c2ccc(-c3ccc4c(c3)-c3ccc(N(c5ccc(C6CCCCCC6)cc5)c5ccc6c(c5)C(c5ccccc5)(c5ccccc5)c5ccccc5-6)cc3C4(C)C)cc21. The summed E-state index contributed by atoms with van der Waals surface area (Å²) >= 11 is 0. The molecule has 1 fully saturated rings. The zero-order chi connectivity index (χ0) is 46.5. The number of fused-ring (bicyclic) bond motifs is 9. The third kappa shape index (κ3) is 6.36. The summed E-state index contributed by atoms with van der Waals surface area (Å²) in [6, 6.07) is 79.1. The minimum atomic E-state index is -0.489. The number of hydrogen-bond donors (Lipinski definition) is 0. The molecule has 4 aliphatic rings. The lowest BCUT2D eigenvalue weighted by Crippen LogP contribution is -2.28. The number of rotatable bonds is 7. The van der Waals surface area contributed by atoms with Crippen molar-refractivity contribution in [2.75, 3.05) is 4.90 Å². The van der Waals surface area contributed by atoms with Crippen LogP contribution < -0.4 is 4.90 Å². The Morgan fingerprint density at radius 2 is 0.783 bits per heavy atom. The van der Waals surface area contributed by atoms with E-state index in [9.17, 15) is 0 Å². The molecule has 0 aliphatic heterocycles. The number of benzene rings is 9. The van der Waals surface area contributed by atoms with E-state index < -0.39 is 5.41 Å². The molecule has 0 aromatic heterocycles. The highest BCUT2D eigenvalue weighted by Crippen LogP contribution is 2.58. The van der Waals surface area contributed by atoms with Gasteiger partial charge in [0.15, 0.2) is 0 Å². The van der Waals surface area contributed by atoms with Crippen LogP contribution in [0.15, 0.2) is 206 Å². The van der Waals surface area contributed by atoms with E-state index in [0.717, 1.165) is 5.69 Å². The first-order valence-electron chi connectivity index (χ1n) is 25.5. The lowest BCUT2D eigenvalue weighted by atomic mass is 9.67. The summed E-state index contributed by atoms with van der Waals surface area (Å²) in [6.07, 6.45) is 7.96. The lowest BCUT2D eigenvalue weighted by Gasteiger charge is -2.35. The number of hydrogen-bond acceptors (Lipinski definition) is 1. The highest BCUT2D eigenvalue weighted by Gasteiger charge is 2.46. The summed E-state index contributed by atoms with van der Waals surface area (Å²) in [5.74, 6) is 0.634. The van der Waals surface area contributed by atoms with Gasteiger partial charge >= 0.3 is 0 Å². The van der Waals surface area contributed by atoms with Crippen molar-refractivity contribution in [3.63, 3.8) is 0 Å². The predicted octanol–water partition coefficient (Wildman–Crippen LogP) is 18.2. The molecule has 13 rings (SSSR count). The molecule has 0 saturated heterocycles. The zero-order valence-corrected chi connectivity index (χ0v) is 40.4. The standard InChI is InChI=1S/C68H59N/c1-66(2)60-27-17-15-25-54(60)56-37-31-48(42-63(56)66)47-32-40-61-59(41-47)58-39-36-52(43-64(58)67(61,3)4)69(51-33-29-46(30-34-51)45-19-9-5-6-10-20-45)53-35-38-57-55-26-16-18-28-62(55)68(65(57)44-53,49-21-11-7-12-22-49)50-23-13-8-14-24-50/h7-8,11-18,21-45H,5-6,9-10,19-20H2,1-4H3. The molecule has 0 unspecified atom stereocenters. The Labute approximate surface area is 409 Å². The molecule has 0 N–H and O–H groups in total. The molecule has 69 heavy (non-hydrogen) atoms. The molecular formula is C68H59N. The van der Waals surface area contributed by atoms with Gasteiger partial charge in [0.05, 0.1) is 5.41 Å². The van der Waals surface area contributed by atoms with Crippen LogP contribution in [-0.2, 0) is 16.2 Å². The molecular weight excluding hydrogens is 831 g/mol. The molecule has 4 aliphatic carbocycles. The van der Waals surface area contributed by atoms with Crippen molar-refractivity contribution in [1.29, 1.82) is 0 Å². The van der Waals surface area contributed by atoms with Gasteiger partial charge in [-0.15, -0.1) is 0 Å². The fourth-order valence-corrected chi connectivity index (χ4v) is 13.5. The second kappa shape index (κ2) is 15.9. The second-order valence-corrected chi connectivity index (χ2v) is 21.4. The van der Waals surface area contributed by atoms with Gasteiger partial charge in [0.2, 0.25) is 0 Å². The summed E-state index contributed by atoms with van der Waals surface area (Å²) < 4.78 is 0. The van der Waals surface area contributed by atoms with Gasteiger partial charge in [-0.3, -0.25) is 0 Å². The first-order valence-corrected chi connectivity index (χ1v) is 25.5. The quantitative estimate of drug-likeness (QED) is 0.144. The van der Waals surface area contributed by atoms with Crippen molar-refractivity contribution in [1.82, 2.24) is 0 Å². The van der Waals surface area contributed by atoms with Crippen LogP contribution >= 0.6 is 0 Å². The van der Waals surface area contributed by atoms with E-state index in [1.165, 1.54) is 144 Å². The predicted molar refractivity (Wildman–Crippen MR) is 289 cm³/mol. The summed E-state index contributed by atoms with van der Waals surface area (Å²) in [4.78, 5) is 2.54. The molecule has 0 bridgehead atoms. The summed E-state index contributed by atoms with van der Waals surface area (Å²) in [5.41, 5.74) is 25.6. The molecule has 1 nitrogen and oxygen atoms in total. The Balaban J connectivity index is 0.958. The average Bonchev–Trinajstić information content (AvgIpc) is 3.75. The van der Waals surface area contributed by atoms with Crippen LogP contribution in [0.25, 0.3) is 44.5 Å². The molecule has 0 amide bonds. The van der Waals surface area contributed by atoms with E-state index in [1.54, 1.807) is 0 Å². The third-order valence-corrected chi connectivity index (χ3v) is 17.0. The van der Waals surface area contributed by atoms with Gasteiger partial charge in [0.1, 0.15) is 0 Å². The monoisotopic (exact) mass is 889 g/mol. The van der Waals surface area contributed by atoms with Crippen LogP contribution in [0, 0.1) is 0 Å². The molecule has 0 atom stereocenters. The first-order chi connectivity index (χ1) is 33.7. The van der Waals surface area contributed by atoms with Crippen LogP contribution in [-0.4, -0.2) is 0 Å². The van der Waals surface area contributed by atoms with Crippen LogP contribution in [0.5, 0.6) is 0 Å². The topological polar surface area (TPSA) is 3.24 Å². The van der Waals surface area contributed by atoms with Crippen molar-refractivity contribution < 1.29 is 0 Å². The van der Waals surface area contributed by atoms with Crippen molar-refractivity contribution in [3.05, 3.63) is 256 Å². The van der Waals surface area contributed by atoms with Gasteiger partial charge in [0.25, 0.3) is 0 Å². The fraction of sp³-hybridized carbons (Fsp3) is 0.206. The summed E-state index contributed by atoms with van der Waals surface area (Å²) in [7, 11) is 0. The van der Waals surface area contributed by atoms with E-state index in [-0.39, 0.29) is 10.8 Å². The average molecular weight is 890 g/mol. The fourth-order valence-electron chi connectivity index (χ4n) is 13.5. The van der Waals surface area contributed by atoms with E-state index in [2.05, 4.69) is 239 Å². The maximum atomic E-state index is 2.54. The van der Waals surface area contributed by atoms with Crippen LogP contribution in [0.1, 0.15) is 122 Å². The number of anilines is 3. The van der Waals surface area contributed by atoms with Gasteiger partial charge in [-0.25, -0.2) is 0 Å². The summed E-state index contributed by atoms with van der Waals surface area (Å²) in [5, 5.41) is 0. The highest BCUT2D eigenvalue weighted by atomic mass is 15.1. The second-order valence-electron chi connectivity index (χ2n) is 21.4. The van der Waals surface area contributed by atoms with Gasteiger partial charge < -0.3 is 4.90 Å². The van der Waals surface area contributed by atoms with Crippen molar-refractivity contribution >= 4 is 17.1 Å². The van der Waals surface area contributed by atoms with Crippen LogP contribution in [0.3, 0.4) is 0 Å². The Kier molecular flexibility index (Phi) is 9.68. The normalized spacial score (nSPS) is 16.6. The molecule has 9 aromatic carbocycles. The minimum absolute atomic E-state index is 0.0432. The Bertz CT molecular complexity index is 3400. The minimum Gasteiger partial charge on any atom is -0.310 e. The highest BCUT2D eigenvalue weighted by molar-refractivity contribution is 5.92. The first kappa shape index (κ1) is 41.9. The Hall–Kier alpha value is -7.22. The zero-order valence-electron chi connectivity index (χ0n) is 40.4. The molecule has 0 radical (unpaired) electrons. The molecule has 9 aromatic rings. The van der Waals surface area contributed by atoms with E-state index in [0.29, 0.717) is 5.92 Å². The Morgan fingerprint density at radius 3 is 1.43 bits per heavy atom. The smallest absolute Gasteiger partial charge is 0.0714 e. The molecule has 1 heteroatoms. The van der Waals surface area contributed by atoms with Crippen LogP contribution in [0.2, 0.25) is 0 Å². The molecule has 0 spiro atoms. The van der Waals surface area contributed by atoms with Crippen molar-refractivity contribution in [2.24, 2.45) is 0 Å². The van der Waals surface area contributed by atoms with Gasteiger partial charge in [-0.2, -0.15) is 0 Å². The maximum Gasteiger partial charge on any atom is 0.0714 e. The summed E-state index contributed by atoms with van der Waals surface area (Å²) in [6.45, 7) is 9.59. The third-order valence-electron chi connectivity index (χ3n) is 17.0. The molecule has 336 valence electrons. The van der Waals surface area contributed by atoms with Crippen LogP contribution in [0.4, 0.5) is 17.1 Å².